The van der Waals surface area contributed by atoms with Crippen LogP contribution in [0.3, 0.4) is 0 Å². The van der Waals surface area contributed by atoms with Gasteiger partial charge >= 0.3 is 15.2 Å². The fourth-order valence-corrected chi connectivity index (χ4v) is 5.38. The fraction of sp³-hybridized carbons (Fsp3) is 0.789. The van der Waals surface area contributed by atoms with Gasteiger partial charge in [0.15, 0.2) is 0 Å². The van der Waals surface area contributed by atoms with E-state index >= 15 is 0 Å². The van der Waals surface area contributed by atoms with Crippen LogP contribution in [0.5, 0.6) is 0 Å². The number of ether oxygens (including phenoxy) is 1. The number of allylic oxidation sites excluding steroid dienone is 3. The highest BCUT2D eigenvalue weighted by atomic mass is 31.2. The molecule has 0 unspecified atom stereocenters. The number of hydrogen-bond donors (Lipinski definition) is 0. The Morgan fingerprint density at radius 3 is 1.79 bits per heavy atom. The third kappa shape index (κ3) is 9.06. The molecule has 0 fully saturated rings. The minimum absolute atomic E-state index is 0.00285. The molecular formula is C19H37NO7P2. The highest BCUT2D eigenvalue weighted by Gasteiger charge is 2.31. The Morgan fingerprint density at radius 1 is 0.897 bits per heavy atom. The summed E-state index contributed by atoms with van der Waals surface area (Å²) in [6.45, 7) is 4.78. The van der Waals surface area contributed by atoms with Crippen molar-refractivity contribution in [3.63, 3.8) is 0 Å². The molecule has 29 heavy (non-hydrogen) atoms. The van der Waals surface area contributed by atoms with Crippen molar-refractivity contribution in [1.29, 1.82) is 0 Å². The number of hydrogen-bond acceptors (Lipinski definition) is 8. The van der Waals surface area contributed by atoms with E-state index in [0.29, 0.717) is 6.54 Å². The Morgan fingerprint density at radius 2 is 1.41 bits per heavy atom. The average Bonchev–Trinajstić information content (AvgIpc) is 2.76. The molecule has 0 saturated heterocycles. The van der Waals surface area contributed by atoms with E-state index in [1.807, 2.05) is 6.08 Å². The molecule has 0 bridgehead atoms. The van der Waals surface area contributed by atoms with Gasteiger partial charge in [-0.15, -0.1) is 0 Å². The Hall–Kier alpha value is -0.460. The van der Waals surface area contributed by atoms with Gasteiger partial charge in [0.25, 0.3) is 0 Å². The van der Waals surface area contributed by atoms with E-state index in [0.717, 1.165) is 37.9 Å². The zero-order valence-electron chi connectivity index (χ0n) is 18.6. The van der Waals surface area contributed by atoms with Crippen LogP contribution in [-0.4, -0.2) is 58.6 Å². The molecule has 0 aromatic rings. The summed E-state index contributed by atoms with van der Waals surface area (Å²) in [5, 5.41) is 0. The molecule has 8 nitrogen and oxygen atoms in total. The third-order valence-corrected chi connectivity index (χ3v) is 8.75. The van der Waals surface area contributed by atoms with E-state index in [-0.39, 0.29) is 18.7 Å². The van der Waals surface area contributed by atoms with E-state index in [9.17, 15) is 9.13 Å². The van der Waals surface area contributed by atoms with Crippen LogP contribution < -0.4 is 0 Å². The Balaban J connectivity index is 2.79. The van der Waals surface area contributed by atoms with Gasteiger partial charge < -0.3 is 22.8 Å². The molecule has 0 spiro atoms. The lowest BCUT2D eigenvalue weighted by atomic mass is 10.0. The molecule has 0 heterocycles. The van der Waals surface area contributed by atoms with Crippen LogP contribution in [0.1, 0.15) is 46.0 Å². The molecule has 170 valence electrons. The summed E-state index contributed by atoms with van der Waals surface area (Å²) in [5.41, 5.74) is 1.25. The van der Waals surface area contributed by atoms with Crippen molar-refractivity contribution in [3.8, 4) is 0 Å². The molecule has 0 aromatic carbocycles. The molecular weight excluding hydrogens is 416 g/mol. The second kappa shape index (κ2) is 13.1. The molecule has 0 N–H and O–H groups in total. The lowest BCUT2D eigenvalue weighted by molar-refractivity contribution is 0.102. The van der Waals surface area contributed by atoms with E-state index in [2.05, 4.69) is 19.9 Å². The summed E-state index contributed by atoms with van der Waals surface area (Å²) in [5.74, 6) is 1.02. The second-order valence-corrected chi connectivity index (χ2v) is 11.4. The van der Waals surface area contributed by atoms with Crippen molar-refractivity contribution < 1.29 is 32.0 Å². The topological polar surface area (TPSA) is 83.5 Å². The van der Waals surface area contributed by atoms with Crippen molar-refractivity contribution >= 4 is 15.2 Å². The quantitative estimate of drug-likeness (QED) is 0.306. The Kier molecular flexibility index (Phi) is 12.0. The highest BCUT2D eigenvalue weighted by molar-refractivity contribution is 7.54. The number of rotatable bonds is 15. The van der Waals surface area contributed by atoms with Crippen molar-refractivity contribution in [3.05, 3.63) is 23.5 Å². The predicted molar refractivity (Wildman–Crippen MR) is 115 cm³/mol. The van der Waals surface area contributed by atoms with Crippen LogP contribution >= 0.6 is 15.2 Å². The predicted octanol–water partition coefficient (Wildman–Crippen LogP) is 5.37. The summed E-state index contributed by atoms with van der Waals surface area (Å²) in [4.78, 5) is 1.75. The van der Waals surface area contributed by atoms with Crippen LogP contribution in [0.4, 0.5) is 0 Å². The van der Waals surface area contributed by atoms with Gasteiger partial charge in [-0.25, -0.2) is 0 Å². The molecule has 0 aliphatic heterocycles. The van der Waals surface area contributed by atoms with Gasteiger partial charge in [0, 0.05) is 41.4 Å². The van der Waals surface area contributed by atoms with Crippen molar-refractivity contribution in [2.45, 2.75) is 52.1 Å². The second-order valence-electron chi connectivity index (χ2n) is 6.89. The maximum atomic E-state index is 12.6. The lowest BCUT2D eigenvalue weighted by Gasteiger charge is -2.28. The number of nitrogens with zero attached hydrogens (tertiary/aromatic N) is 1. The smallest absolute Gasteiger partial charge is 0.344 e. The largest absolute Gasteiger partial charge is 0.495 e. The first-order chi connectivity index (χ1) is 13.8. The first-order valence-electron chi connectivity index (χ1n) is 9.95. The monoisotopic (exact) mass is 453 g/mol. The third-order valence-electron chi connectivity index (χ3n) is 5.03. The molecule has 0 aromatic heterocycles. The summed E-state index contributed by atoms with van der Waals surface area (Å²) in [6.07, 6.45) is 8.88. The summed E-state index contributed by atoms with van der Waals surface area (Å²) < 4.78 is 51.4. The van der Waals surface area contributed by atoms with E-state index < -0.39 is 15.2 Å². The first kappa shape index (κ1) is 26.6. The molecule has 1 rings (SSSR count). The van der Waals surface area contributed by atoms with Gasteiger partial charge in [-0.1, -0.05) is 25.5 Å². The van der Waals surface area contributed by atoms with Gasteiger partial charge in [-0.2, -0.15) is 0 Å². The van der Waals surface area contributed by atoms with Gasteiger partial charge in [0.2, 0.25) is 0 Å². The summed E-state index contributed by atoms with van der Waals surface area (Å²) in [7, 11) is -1.26. The zero-order chi connectivity index (χ0) is 21.9. The molecule has 10 heteroatoms. The molecule has 1 aliphatic carbocycles. The molecule has 0 atom stereocenters. The zero-order valence-corrected chi connectivity index (χ0v) is 20.4. The van der Waals surface area contributed by atoms with Crippen molar-refractivity contribution in [2.24, 2.45) is 0 Å². The van der Waals surface area contributed by atoms with E-state index in [1.54, 1.807) is 4.90 Å². The van der Waals surface area contributed by atoms with Crippen LogP contribution in [0.25, 0.3) is 0 Å². The minimum atomic E-state index is -3.30. The first-order valence-corrected chi connectivity index (χ1v) is 13.4. The standard InChI is InChI=1S/C19H37NO7P2/c1-7-18(8-2)27-19-11-9-17(10-12-19)13-14-20(15-28(21,23-3)24-4)16-29(22,25-5)26-6/h9,11,18H,7-8,10,12-16H2,1-6H3. The Bertz CT molecular complexity index is 602. The Labute approximate surface area is 175 Å². The maximum Gasteiger partial charge on any atom is 0.344 e. The van der Waals surface area contributed by atoms with Crippen LogP contribution in [-0.2, 0) is 32.0 Å². The summed E-state index contributed by atoms with van der Waals surface area (Å²) in [6, 6.07) is 0. The molecule has 0 radical (unpaired) electrons. The minimum Gasteiger partial charge on any atom is -0.495 e. The molecule has 0 saturated carbocycles. The average molecular weight is 453 g/mol. The molecule has 0 amide bonds. The molecule has 1 aliphatic rings. The highest BCUT2D eigenvalue weighted by Crippen LogP contribution is 2.51. The SMILES string of the molecule is CCC(CC)OC1=CC=C(CCN(CP(=O)(OC)OC)CP(=O)(OC)OC)CC1. The van der Waals surface area contributed by atoms with Crippen LogP contribution in [0.15, 0.2) is 23.5 Å². The van der Waals surface area contributed by atoms with Gasteiger partial charge in [0.05, 0.1) is 11.9 Å². The van der Waals surface area contributed by atoms with E-state index in [4.69, 9.17) is 22.8 Å². The van der Waals surface area contributed by atoms with Crippen LogP contribution in [0.2, 0.25) is 0 Å². The van der Waals surface area contributed by atoms with Crippen molar-refractivity contribution in [2.75, 3.05) is 47.6 Å². The van der Waals surface area contributed by atoms with Crippen molar-refractivity contribution in [1.82, 2.24) is 4.90 Å². The maximum absolute atomic E-state index is 12.6. The lowest BCUT2D eigenvalue weighted by Crippen LogP contribution is -2.29. The van der Waals surface area contributed by atoms with Gasteiger partial charge in [-0.3, -0.25) is 14.0 Å². The van der Waals surface area contributed by atoms with Gasteiger partial charge in [-0.05, 0) is 31.8 Å². The van der Waals surface area contributed by atoms with E-state index in [1.165, 1.54) is 34.0 Å². The normalized spacial score (nSPS) is 15.6. The van der Waals surface area contributed by atoms with Gasteiger partial charge in [0.1, 0.15) is 12.6 Å². The van der Waals surface area contributed by atoms with Crippen LogP contribution in [0, 0.1) is 0 Å². The fourth-order valence-electron chi connectivity index (χ4n) is 2.99. The summed E-state index contributed by atoms with van der Waals surface area (Å²) >= 11 is 0.